The van der Waals surface area contributed by atoms with Gasteiger partial charge in [0.05, 0.1) is 19.2 Å². The zero-order valence-electron chi connectivity index (χ0n) is 9.97. The number of hydrogen-bond acceptors (Lipinski definition) is 5. The summed E-state index contributed by atoms with van der Waals surface area (Å²) in [6.45, 7) is 2.08. The number of carbonyl (C=O) groups excluding carboxylic acids is 1. The largest absolute Gasteiger partial charge is 0.481 e. The van der Waals surface area contributed by atoms with Crippen LogP contribution in [-0.2, 0) is 23.2 Å². The Labute approximate surface area is 100 Å². The van der Waals surface area contributed by atoms with Crippen molar-refractivity contribution in [3.05, 3.63) is 0 Å². The fourth-order valence-electron chi connectivity index (χ4n) is 1.05. The monoisotopic (exact) mass is 267 g/mol. The first-order chi connectivity index (χ1) is 7.93. The average molecular weight is 267 g/mol. The molecule has 0 aromatic heterocycles. The smallest absolute Gasteiger partial charge is 0.332 e. The molecule has 2 N–H and O–H groups in total. The van der Waals surface area contributed by atoms with Gasteiger partial charge >= 0.3 is 13.6 Å². The van der Waals surface area contributed by atoms with Crippen molar-refractivity contribution in [2.75, 3.05) is 26.4 Å². The lowest BCUT2D eigenvalue weighted by Crippen LogP contribution is -2.27. The maximum Gasteiger partial charge on any atom is 0.332 e. The van der Waals surface area contributed by atoms with Crippen molar-refractivity contribution in [3.63, 3.8) is 0 Å². The van der Waals surface area contributed by atoms with E-state index in [1.165, 1.54) is 7.11 Å². The highest BCUT2D eigenvalue weighted by Crippen LogP contribution is 2.46. The zero-order valence-corrected chi connectivity index (χ0v) is 10.9. The van der Waals surface area contributed by atoms with Crippen molar-refractivity contribution in [2.24, 2.45) is 0 Å². The second-order valence-electron chi connectivity index (χ2n) is 3.18. The molecule has 0 aliphatic rings. The maximum absolute atomic E-state index is 11.7. The molecule has 0 rings (SSSR count). The van der Waals surface area contributed by atoms with E-state index in [1.807, 2.05) is 0 Å². The van der Waals surface area contributed by atoms with E-state index in [4.69, 9.17) is 14.2 Å². The molecule has 0 bridgehead atoms. The Bertz CT molecular complexity index is 306. The van der Waals surface area contributed by atoms with E-state index in [0.29, 0.717) is 0 Å². The van der Waals surface area contributed by atoms with Crippen molar-refractivity contribution in [3.8, 4) is 0 Å². The van der Waals surface area contributed by atoms with Gasteiger partial charge in [0.15, 0.2) is 0 Å². The molecule has 0 aliphatic carbocycles. The lowest BCUT2D eigenvalue weighted by atomic mass is 10.3. The average Bonchev–Trinajstić information content (AvgIpc) is 2.26. The van der Waals surface area contributed by atoms with Crippen LogP contribution in [0, 0.1) is 0 Å². The van der Waals surface area contributed by atoms with Gasteiger partial charge in [-0.15, -0.1) is 0 Å². The molecule has 0 aromatic carbocycles. The number of nitrogens with one attached hydrogen (secondary N) is 1. The van der Waals surface area contributed by atoms with E-state index >= 15 is 0 Å². The molecule has 1 amide bonds. The summed E-state index contributed by atoms with van der Waals surface area (Å²) in [5.41, 5.74) is 0. The summed E-state index contributed by atoms with van der Waals surface area (Å²) in [5, 5.41) is 10.8. The molecule has 0 heterocycles. The van der Waals surface area contributed by atoms with Gasteiger partial charge in [-0.1, -0.05) is 0 Å². The number of carboxylic acid groups (broad SMARTS) is 1. The van der Waals surface area contributed by atoms with Crippen LogP contribution in [0.15, 0.2) is 0 Å². The Morgan fingerprint density at radius 3 is 2.47 bits per heavy atom. The van der Waals surface area contributed by atoms with E-state index in [2.05, 4.69) is 5.32 Å². The van der Waals surface area contributed by atoms with Gasteiger partial charge in [0.1, 0.15) is 0 Å². The quantitative estimate of drug-likeness (QED) is 0.600. The predicted molar refractivity (Wildman–Crippen MR) is 61.0 cm³/mol. The fraction of sp³-hybridized carbons (Fsp3) is 0.778. The van der Waals surface area contributed by atoms with Crippen LogP contribution in [0.4, 0.5) is 0 Å². The number of carbonyl (C=O) groups is 2. The second-order valence-corrected chi connectivity index (χ2v) is 5.47. The van der Waals surface area contributed by atoms with E-state index in [1.54, 1.807) is 6.92 Å². The molecule has 0 aliphatic heterocycles. The molecule has 0 fully saturated rings. The van der Waals surface area contributed by atoms with Gasteiger partial charge in [-0.2, -0.15) is 0 Å². The molecule has 0 aromatic rings. The Hall–Kier alpha value is -0.910. The lowest BCUT2D eigenvalue weighted by molar-refractivity contribution is -0.138. The minimum absolute atomic E-state index is 0.0656. The van der Waals surface area contributed by atoms with E-state index in [9.17, 15) is 14.2 Å². The minimum atomic E-state index is -3.13. The molecule has 1 unspecified atom stereocenters. The first-order valence-electron chi connectivity index (χ1n) is 5.21. The molecular formula is C9H18NO6P. The minimum Gasteiger partial charge on any atom is -0.481 e. The van der Waals surface area contributed by atoms with Gasteiger partial charge in [-0.3, -0.25) is 14.2 Å². The second kappa shape index (κ2) is 8.22. The lowest BCUT2D eigenvalue weighted by Gasteiger charge is -2.15. The summed E-state index contributed by atoms with van der Waals surface area (Å²) in [5.74, 6) is -1.43. The number of amides is 1. The highest BCUT2D eigenvalue weighted by Gasteiger charge is 2.21. The molecule has 0 spiro atoms. The van der Waals surface area contributed by atoms with Gasteiger partial charge in [-0.25, -0.2) is 0 Å². The third-order valence-corrected chi connectivity index (χ3v) is 3.86. The van der Waals surface area contributed by atoms with Crippen molar-refractivity contribution in [2.45, 2.75) is 19.8 Å². The molecule has 7 nitrogen and oxygen atoms in total. The van der Waals surface area contributed by atoms with E-state index < -0.39 is 19.5 Å². The van der Waals surface area contributed by atoms with Gasteiger partial charge in [0, 0.05) is 20.1 Å². The van der Waals surface area contributed by atoms with Crippen LogP contribution >= 0.6 is 7.60 Å². The molecule has 8 heteroatoms. The van der Waals surface area contributed by atoms with Crippen molar-refractivity contribution in [1.29, 1.82) is 0 Å². The number of hydrogen-bond donors (Lipinski definition) is 2. The van der Waals surface area contributed by atoms with E-state index in [0.717, 1.165) is 0 Å². The zero-order chi connectivity index (χ0) is 13.3. The van der Waals surface area contributed by atoms with Gasteiger partial charge in [-0.05, 0) is 6.92 Å². The van der Waals surface area contributed by atoms with Gasteiger partial charge in [0.2, 0.25) is 5.91 Å². The Morgan fingerprint density at radius 2 is 2.00 bits per heavy atom. The SMILES string of the molecule is CCOP(=O)(CCNC(=O)CCC(=O)O)OC. The maximum atomic E-state index is 11.7. The Morgan fingerprint density at radius 1 is 1.35 bits per heavy atom. The number of aliphatic carboxylic acids is 1. The Kier molecular flexibility index (Phi) is 7.78. The van der Waals surface area contributed by atoms with Crippen LogP contribution in [0.25, 0.3) is 0 Å². The first kappa shape index (κ1) is 16.1. The topological polar surface area (TPSA) is 102 Å². The summed E-state index contributed by atoms with van der Waals surface area (Å²) in [7, 11) is -1.85. The molecule has 0 radical (unpaired) electrons. The fourth-order valence-corrected chi connectivity index (χ4v) is 2.24. The standard InChI is InChI=1S/C9H18NO6P/c1-3-16-17(14,15-2)7-6-10-8(11)4-5-9(12)13/h3-7H2,1-2H3,(H,10,11)(H,12,13). The first-order valence-corrected chi connectivity index (χ1v) is 6.94. The summed E-state index contributed by atoms with van der Waals surface area (Å²) in [6, 6.07) is 0. The number of rotatable bonds is 9. The van der Waals surface area contributed by atoms with Crippen molar-refractivity contribution < 1.29 is 28.3 Å². The number of carboxylic acids is 1. The van der Waals surface area contributed by atoms with Crippen molar-refractivity contribution >= 4 is 19.5 Å². The molecule has 0 saturated heterocycles. The van der Waals surface area contributed by atoms with Crippen LogP contribution in [0.3, 0.4) is 0 Å². The third-order valence-electron chi connectivity index (χ3n) is 1.88. The molecular weight excluding hydrogens is 249 g/mol. The molecule has 1 atom stereocenters. The van der Waals surface area contributed by atoms with Crippen LogP contribution in [-0.4, -0.2) is 43.4 Å². The van der Waals surface area contributed by atoms with Crippen LogP contribution in [0.5, 0.6) is 0 Å². The van der Waals surface area contributed by atoms with Gasteiger partial charge in [0.25, 0.3) is 0 Å². The summed E-state index contributed by atoms with van der Waals surface area (Å²) >= 11 is 0. The third kappa shape index (κ3) is 7.90. The van der Waals surface area contributed by atoms with Gasteiger partial charge < -0.3 is 19.5 Å². The summed E-state index contributed by atoms with van der Waals surface area (Å²) in [4.78, 5) is 21.3. The van der Waals surface area contributed by atoms with E-state index in [-0.39, 0.29) is 32.2 Å². The molecule has 17 heavy (non-hydrogen) atoms. The highest BCUT2D eigenvalue weighted by atomic mass is 31.2. The predicted octanol–water partition coefficient (Wildman–Crippen LogP) is 0.843. The van der Waals surface area contributed by atoms with Crippen LogP contribution in [0.1, 0.15) is 19.8 Å². The van der Waals surface area contributed by atoms with Crippen LogP contribution in [0.2, 0.25) is 0 Å². The molecule has 0 saturated carbocycles. The normalized spacial score (nSPS) is 14.0. The molecule has 100 valence electrons. The highest BCUT2D eigenvalue weighted by molar-refractivity contribution is 7.53. The Balaban J connectivity index is 3.85. The van der Waals surface area contributed by atoms with Crippen molar-refractivity contribution in [1.82, 2.24) is 5.32 Å². The summed E-state index contributed by atoms with van der Waals surface area (Å²) in [6.07, 6.45) is -0.253. The van der Waals surface area contributed by atoms with Crippen LogP contribution < -0.4 is 5.32 Å². The summed E-state index contributed by atoms with van der Waals surface area (Å²) < 4.78 is 21.4.